The highest BCUT2D eigenvalue weighted by Gasteiger charge is 2.21. The Balaban J connectivity index is 1.52. The lowest BCUT2D eigenvalue weighted by Crippen LogP contribution is -2.45. The van der Waals surface area contributed by atoms with E-state index < -0.39 is 0 Å². The molecule has 7 nitrogen and oxygen atoms in total. The van der Waals surface area contributed by atoms with Crippen LogP contribution >= 0.6 is 0 Å². The van der Waals surface area contributed by atoms with E-state index >= 15 is 0 Å². The summed E-state index contributed by atoms with van der Waals surface area (Å²) in [6.45, 7) is 9.40. The van der Waals surface area contributed by atoms with Crippen molar-refractivity contribution in [3.63, 3.8) is 0 Å². The van der Waals surface area contributed by atoms with Gasteiger partial charge in [0, 0.05) is 31.6 Å². The highest BCUT2D eigenvalue weighted by Crippen LogP contribution is 2.15. The summed E-state index contributed by atoms with van der Waals surface area (Å²) in [5, 5.41) is 11.6. The summed E-state index contributed by atoms with van der Waals surface area (Å²) >= 11 is 0. The lowest BCUT2D eigenvalue weighted by atomic mass is 10.0. The number of hydrogen-bond acceptors (Lipinski definition) is 7. The summed E-state index contributed by atoms with van der Waals surface area (Å²) in [6, 6.07) is 0.468. The molecule has 3 rings (SSSR count). The molecule has 1 saturated heterocycles. The molecule has 0 amide bonds. The highest BCUT2D eigenvalue weighted by atomic mass is 16.5. The SMILES string of the molecule is Cc1nc(CN2CCCC(NCc3c(C)noc3C)C2)no1. The average molecular weight is 305 g/mol. The number of nitrogens with one attached hydrogen (secondary N) is 1. The lowest BCUT2D eigenvalue weighted by Gasteiger charge is -2.32. The maximum absolute atomic E-state index is 5.21. The van der Waals surface area contributed by atoms with E-state index in [1.165, 1.54) is 18.4 Å². The summed E-state index contributed by atoms with van der Waals surface area (Å²) in [5.74, 6) is 2.30. The molecule has 1 aliphatic rings. The van der Waals surface area contributed by atoms with Gasteiger partial charge >= 0.3 is 0 Å². The van der Waals surface area contributed by atoms with Crippen molar-refractivity contribution in [1.82, 2.24) is 25.5 Å². The summed E-state index contributed by atoms with van der Waals surface area (Å²) in [6.07, 6.45) is 2.36. The molecule has 0 radical (unpaired) electrons. The van der Waals surface area contributed by atoms with Gasteiger partial charge in [0.05, 0.1) is 12.2 Å². The van der Waals surface area contributed by atoms with Crippen molar-refractivity contribution in [1.29, 1.82) is 0 Å². The van der Waals surface area contributed by atoms with Gasteiger partial charge in [0.25, 0.3) is 0 Å². The third-order valence-corrected chi connectivity index (χ3v) is 4.19. The molecule has 0 spiro atoms. The van der Waals surface area contributed by atoms with Gasteiger partial charge in [0.2, 0.25) is 5.89 Å². The Morgan fingerprint density at radius 1 is 1.23 bits per heavy atom. The van der Waals surface area contributed by atoms with Crippen LogP contribution in [0, 0.1) is 20.8 Å². The van der Waals surface area contributed by atoms with Gasteiger partial charge in [0.1, 0.15) is 5.76 Å². The van der Waals surface area contributed by atoms with Crippen LogP contribution in [0.2, 0.25) is 0 Å². The third kappa shape index (κ3) is 3.53. The first kappa shape index (κ1) is 15.2. The normalized spacial score (nSPS) is 19.7. The largest absolute Gasteiger partial charge is 0.361 e. The van der Waals surface area contributed by atoms with E-state index in [0.29, 0.717) is 11.9 Å². The molecule has 1 N–H and O–H groups in total. The monoisotopic (exact) mass is 305 g/mol. The van der Waals surface area contributed by atoms with Gasteiger partial charge in [-0.2, -0.15) is 4.98 Å². The van der Waals surface area contributed by atoms with Crippen LogP contribution in [0.25, 0.3) is 0 Å². The second kappa shape index (κ2) is 6.58. The van der Waals surface area contributed by atoms with E-state index in [2.05, 4.69) is 25.5 Å². The fourth-order valence-electron chi connectivity index (χ4n) is 2.97. The van der Waals surface area contributed by atoms with Crippen molar-refractivity contribution in [3.05, 3.63) is 28.7 Å². The zero-order valence-corrected chi connectivity index (χ0v) is 13.4. The molecule has 120 valence electrons. The number of aromatic nitrogens is 3. The zero-order valence-electron chi connectivity index (χ0n) is 13.4. The Labute approximate surface area is 130 Å². The molecule has 22 heavy (non-hydrogen) atoms. The van der Waals surface area contributed by atoms with Gasteiger partial charge in [-0.05, 0) is 33.2 Å². The molecule has 3 heterocycles. The first-order valence-corrected chi connectivity index (χ1v) is 7.78. The number of rotatable bonds is 5. The van der Waals surface area contributed by atoms with Gasteiger partial charge in [-0.3, -0.25) is 4.90 Å². The van der Waals surface area contributed by atoms with Crippen LogP contribution in [0.5, 0.6) is 0 Å². The second-order valence-electron chi connectivity index (χ2n) is 5.99. The van der Waals surface area contributed by atoms with Crippen LogP contribution in [0.3, 0.4) is 0 Å². The van der Waals surface area contributed by atoms with Crippen LogP contribution in [0.1, 0.15) is 41.6 Å². The zero-order chi connectivity index (χ0) is 15.5. The van der Waals surface area contributed by atoms with E-state index in [9.17, 15) is 0 Å². The van der Waals surface area contributed by atoms with Crippen LogP contribution in [-0.4, -0.2) is 39.3 Å². The number of hydrogen-bond donors (Lipinski definition) is 1. The lowest BCUT2D eigenvalue weighted by molar-refractivity contribution is 0.177. The minimum Gasteiger partial charge on any atom is -0.361 e. The molecule has 1 unspecified atom stereocenters. The van der Waals surface area contributed by atoms with E-state index in [4.69, 9.17) is 9.05 Å². The summed E-state index contributed by atoms with van der Waals surface area (Å²) < 4.78 is 10.2. The third-order valence-electron chi connectivity index (χ3n) is 4.19. The standard InChI is InChI=1S/C15H23N5O2/c1-10-14(11(2)21-18-10)7-16-13-5-4-6-20(8-13)9-15-17-12(3)22-19-15/h13,16H,4-9H2,1-3H3. The smallest absolute Gasteiger partial charge is 0.223 e. The van der Waals surface area contributed by atoms with Crippen LogP contribution in [-0.2, 0) is 13.1 Å². The summed E-state index contributed by atoms with van der Waals surface area (Å²) in [7, 11) is 0. The van der Waals surface area contributed by atoms with E-state index in [1.54, 1.807) is 0 Å². The summed E-state index contributed by atoms with van der Waals surface area (Å²) in [4.78, 5) is 6.65. The Morgan fingerprint density at radius 3 is 2.77 bits per heavy atom. The number of aryl methyl sites for hydroxylation is 3. The second-order valence-corrected chi connectivity index (χ2v) is 5.99. The maximum atomic E-state index is 5.21. The molecule has 0 aromatic carbocycles. The van der Waals surface area contributed by atoms with Gasteiger partial charge in [-0.25, -0.2) is 0 Å². The quantitative estimate of drug-likeness (QED) is 0.901. The molecule has 1 atom stereocenters. The minimum atomic E-state index is 0.468. The Hall–Kier alpha value is -1.73. The Kier molecular flexibility index (Phi) is 4.54. The molecule has 7 heteroatoms. The van der Waals surface area contributed by atoms with Gasteiger partial charge < -0.3 is 14.4 Å². The molecular weight excluding hydrogens is 282 g/mol. The van der Waals surface area contributed by atoms with E-state index in [0.717, 1.165) is 43.5 Å². The van der Waals surface area contributed by atoms with Gasteiger partial charge in [-0.1, -0.05) is 10.3 Å². The fraction of sp³-hybridized carbons (Fsp3) is 0.667. The summed E-state index contributed by atoms with van der Waals surface area (Å²) in [5.41, 5.74) is 2.14. The van der Waals surface area contributed by atoms with Crippen molar-refractivity contribution >= 4 is 0 Å². The molecule has 1 aliphatic heterocycles. The van der Waals surface area contributed by atoms with Crippen molar-refractivity contribution < 1.29 is 9.05 Å². The maximum Gasteiger partial charge on any atom is 0.223 e. The number of likely N-dealkylation sites (tertiary alicyclic amines) is 1. The number of piperidine rings is 1. The van der Waals surface area contributed by atoms with Gasteiger partial charge in [-0.15, -0.1) is 0 Å². The fourth-order valence-corrected chi connectivity index (χ4v) is 2.97. The van der Waals surface area contributed by atoms with E-state index in [-0.39, 0.29) is 0 Å². The Morgan fingerprint density at radius 2 is 2.09 bits per heavy atom. The molecule has 0 saturated carbocycles. The van der Waals surface area contributed by atoms with E-state index in [1.807, 2.05) is 20.8 Å². The number of nitrogens with zero attached hydrogens (tertiary/aromatic N) is 4. The molecule has 2 aromatic heterocycles. The molecule has 0 aliphatic carbocycles. The van der Waals surface area contributed by atoms with Gasteiger partial charge in [0.15, 0.2) is 5.82 Å². The molecular formula is C15H23N5O2. The van der Waals surface area contributed by atoms with Crippen LogP contribution < -0.4 is 5.32 Å². The van der Waals surface area contributed by atoms with Crippen molar-refractivity contribution in [2.45, 2.75) is 52.7 Å². The minimum absolute atomic E-state index is 0.468. The molecule has 2 aromatic rings. The predicted octanol–water partition coefficient (Wildman–Crippen LogP) is 1.74. The topological polar surface area (TPSA) is 80.2 Å². The first-order valence-electron chi connectivity index (χ1n) is 7.78. The molecule has 0 bridgehead atoms. The average Bonchev–Trinajstić information content (AvgIpc) is 3.04. The van der Waals surface area contributed by atoms with Crippen LogP contribution in [0.15, 0.2) is 9.05 Å². The van der Waals surface area contributed by atoms with Crippen molar-refractivity contribution in [3.8, 4) is 0 Å². The molecule has 1 fully saturated rings. The highest BCUT2D eigenvalue weighted by molar-refractivity contribution is 5.20. The first-order chi connectivity index (χ1) is 10.6. The van der Waals surface area contributed by atoms with Crippen molar-refractivity contribution in [2.24, 2.45) is 0 Å². The predicted molar refractivity (Wildman–Crippen MR) is 80.2 cm³/mol. The Bertz CT molecular complexity index is 602. The van der Waals surface area contributed by atoms with Crippen LogP contribution in [0.4, 0.5) is 0 Å². The van der Waals surface area contributed by atoms with Crippen molar-refractivity contribution in [2.75, 3.05) is 13.1 Å².